The molecule has 0 saturated heterocycles. The Balaban J connectivity index is 2.83. The van der Waals surface area contributed by atoms with Crippen molar-refractivity contribution >= 4 is 16.9 Å². The number of carbonyl (C=O) groups excluding carboxylic acids is 1. The summed E-state index contributed by atoms with van der Waals surface area (Å²) in [5.74, 6) is 0.821. The van der Waals surface area contributed by atoms with E-state index in [0.717, 1.165) is 12.8 Å². The summed E-state index contributed by atoms with van der Waals surface area (Å²) in [7, 11) is 0. The van der Waals surface area contributed by atoms with Crippen molar-refractivity contribution in [3.63, 3.8) is 0 Å². The lowest BCUT2D eigenvalue weighted by Crippen LogP contribution is -2.23. The van der Waals surface area contributed by atoms with Crippen LogP contribution in [0.5, 0.6) is 0 Å². The summed E-state index contributed by atoms with van der Waals surface area (Å²) >= 11 is 1.26. The molecule has 3 heteroatoms. The monoisotopic (exact) mass is 214 g/mol. The summed E-state index contributed by atoms with van der Waals surface area (Å²) in [6.07, 6.45) is 1.94. The molecule has 1 aliphatic heterocycles. The quantitative estimate of drug-likeness (QED) is 0.783. The van der Waals surface area contributed by atoms with E-state index in [2.05, 4.69) is 13.8 Å². The molecule has 0 aromatic carbocycles. The fourth-order valence-electron chi connectivity index (χ4n) is 1.77. The van der Waals surface area contributed by atoms with Crippen LogP contribution in [0, 0.1) is 5.92 Å². The van der Waals surface area contributed by atoms with Crippen LogP contribution < -0.4 is 0 Å². The Morgan fingerprint density at radius 1 is 1.57 bits per heavy atom. The summed E-state index contributed by atoms with van der Waals surface area (Å²) in [5, 5.41) is 9.89. The van der Waals surface area contributed by atoms with Crippen LogP contribution in [0.15, 0.2) is 11.3 Å². The number of thioether (sulfide) groups is 1. The third kappa shape index (κ3) is 1.97. The standard InChI is InChI=1S/C11H18O2S/c1-5-7(2)6-11(4)9(12)8(3)10(13)14-11/h7,12H,5-6H2,1-4H3/t7-,11?/m0/s1. The van der Waals surface area contributed by atoms with Gasteiger partial charge in [-0.1, -0.05) is 32.0 Å². The van der Waals surface area contributed by atoms with Gasteiger partial charge in [0.25, 0.3) is 0 Å². The van der Waals surface area contributed by atoms with Crippen LogP contribution in [0.1, 0.15) is 40.5 Å². The zero-order chi connectivity index (χ0) is 10.9. The van der Waals surface area contributed by atoms with Crippen molar-refractivity contribution in [3.8, 4) is 0 Å². The third-order valence-corrected chi connectivity index (χ3v) is 4.22. The molecule has 1 heterocycles. The van der Waals surface area contributed by atoms with Crippen molar-refractivity contribution in [2.45, 2.75) is 45.3 Å². The van der Waals surface area contributed by atoms with Crippen LogP contribution in [0.4, 0.5) is 0 Å². The number of aliphatic hydroxyl groups excluding tert-OH is 1. The topological polar surface area (TPSA) is 37.3 Å². The molecule has 0 aromatic heterocycles. The van der Waals surface area contributed by atoms with Gasteiger partial charge in [0.2, 0.25) is 5.12 Å². The second-order valence-electron chi connectivity index (χ2n) is 4.31. The van der Waals surface area contributed by atoms with E-state index in [9.17, 15) is 9.90 Å². The van der Waals surface area contributed by atoms with E-state index in [4.69, 9.17) is 0 Å². The fraction of sp³-hybridized carbons (Fsp3) is 0.727. The second kappa shape index (κ2) is 3.97. The Morgan fingerprint density at radius 2 is 2.14 bits per heavy atom. The third-order valence-electron chi connectivity index (χ3n) is 2.92. The predicted octanol–water partition coefficient (Wildman–Crippen LogP) is 3.29. The average molecular weight is 214 g/mol. The summed E-state index contributed by atoms with van der Waals surface area (Å²) in [4.78, 5) is 11.4. The van der Waals surface area contributed by atoms with E-state index in [0.29, 0.717) is 11.5 Å². The molecule has 80 valence electrons. The summed E-state index contributed by atoms with van der Waals surface area (Å²) in [6.45, 7) is 7.93. The molecule has 0 spiro atoms. The fourth-order valence-corrected chi connectivity index (χ4v) is 3.05. The number of hydrogen-bond acceptors (Lipinski definition) is 3. The van der Waals surface area contributed by atoms with Gasteiger partial charge in [0.1, 0.15) is 5.76 Å². The Morgan fingerprint density at radius 3 is 2.50 bits per heavy atom. The first-order valence-corrected chi connectivity index (χ1v) is 5.86. The van der Waals surface area contributed by atoms with E-state index in [1.54, 1.807) is 6.92 Å². The molecule has 0 fully saturated rings. The second-order valence-corrected chi connectivity index (χ2v) is 5.79. The molecule has 2 atom stereocenters. The highest BCUT2D eigenvalue weighted by Gasteiger charge is 2.42. The smallest absolute Gasteiger partial charge is 0.219 e. The van der Waals surface area contributed by atoms with Crippen molar-refractivity contribution in [1.29, 1.82) is 0 Å². The van der Waals surface area contributed by atoms with Gasteiger partial charge in [-0.25, -0.2) is 0 Å². The molecule has 0 amide bonds. The lowest BCUT2D eigenvalue weighted by Gasteiger charge is -2.25. The van der Waals surface area contributed by atoms with Crippen LogP contribution in [-0.2, 0) is 4.79 Å². The van der Waals surface area contributed by atoms with Crippen molar-refractivity contribution in [2.24, 2.45) is 5.92 Å². The SMILES string of the molecule is CC[C@H](C)CC1(C)SC(=O)C(C)=C1O. The first kappa shape index (κ1) is 11.6. The molecule has 2 nitrogen and oxygen atoms in total. The molecule has 0 bridgehead atoms. The Bertz CT molecular complexity index is 283. The molecule has 0 aliphatic carbocycles. The molecule has 14 heavy (non-hydrogen) atoms. The van der Waals surface area contributed by atoms with E-state index in [-0.39, 0.29) is 15.6 Å². The molecule has 1 unspecified atom stereocenters. The van der Waals surface area contributed by atoms with Crippen LogP contribution in [0.3, 0.4) is 0 Å². The summed E-state index contributed by atoms with van der Waals surface area (Å²) in [6, 6.07) is 0. The van der Waals surface area contributed by atoms with Crippen molar-refractivity contribution in [2.75, 3.05) is 0 Å². The maximum Gasteiger partial charge on any atom is 0.219 e. The van der Waals surface area contributed by atoms with E-state index in [1.165, 1.54) is 11.8 Å². The minimum absolute atomic E-state index is 0.0216. The predicted molar refractivity (Wildman–Crippen MR) is 60.4 cm³/mol. The highest BCUT2D eigenvalue weighted by Crippen LogP contribution is 2.46. The highest BCUT2D eigenvalue weighted by molar-refractivity contribution is 8.15. The number of aliphatic hydroxyl groups is 1. The normalized spacial score (nSPS) is 29.9. The lowest BCUT2D eigenvalue weighted by molar-refractivity contribution is -0.107. The van der Waals surface area contributed by atoms with Crippen LogP contribution >= 0.6 is 11.8 Å². The van der Waals surface area contributed by atoms with Gasteiger partial charge in [0.05, 0.1) is 4.75 Å². The largest absolute Gasteiger partial charge is 0.510 e. The van der Waals surface area contributed by atoms with Gasteiger partial charge < -0.3 is 5.11 Å². The van der Waals surface area contributed by atoms with Gasteiger partial charge >= 0.3 is 0 Å². The van der Waals surface area contributed by atoms with Gasteiger partial charge in [0.15, 0.2) is 0 Å². The van der Waals surface area contributed by atoms with Crippen molar-refractivity contribution in [1.82, 2.24) is 0 Å². The first-order chi connectivity index (χ1) is 6.40. The Hall–Kier alpha value is -0.440. The molecular formula is C11H18O2S. The van der Waals surface area contributed by atoms with Crippen LogP contribution in [0.25, 0.3) is 0 Å². The number of hydrogen-bond donors (Lipinski definition) is 1. The molecule has 0 radical (unpaired) electrons. The Labute approximate surface area is 89.8 Å². The molecule has 0 aromatic rings. The number of carbonyl (C=O) groups is 1. The molecule has 1 rings (SSSR count). The first-order valence-electron chi connectivity index (χ1n) is 5.04. The Kier molecular flexibility index (Phi) is 3.30. The van der Waals surface area contributed by atoms with Crippen LogP contribution in [0.2, 0.25) is 0 Å². The van der Waals surface area contributed by atoms with Gasteiger partial charge in [-0.15, -0.1) is 0 Å². The summed E-state index contributed by atoms with van der Waals surface area (Å²) in [5.41, 5.74) is 0.529. The maximum absolute atomic E-state index is 11.4. The van der Waals surface area contributed by atoms with E-state index >= 15 is 0 Å². The van der Waals surface area contributed by atoms with E-state index < -0.39 is 0 Å². The van der Waals surface area contributed by atoms with Gasteiger partial charge in [-0.3, -0.25) is 4.79 Å². The average Bonchev–Trinajstić information content (AvgIpc) is 2.30. The molecule has 1 aliphatic rings. The molecule has 0 saturated carbocycles. The maximum atomic E-state index is 11.4. The van der Waals surface area contributed by atoms with Crippen molar-refractivity contribution in [3.05, 3.63) is 11.3 Å². The van der Waals surface area contributed by atoms with Gasteiger partial charge in [0, 0.05) is 5.57 Å². The van der Waals surface area contributed by atoms with Crippen molar-refractivity contribution < 1.29 is 9.90 Å². The zero-order valence-corrected chi connectivity index (χ0v) is 10.1. The minimum Gasteiger partial charge on any atom is -0.510 e. The molecular weight excluding hydrogens is 196 g/mol. The summed E-state index contributed by atoms with van der Waals surface area (Å²) < 4.78 is -0.378. The van der Waals surface area contributed by atoms with E-state index in [1.807, 2.05) is 6.92 Å². The lowest BCUT2D eigenvalue weighted by atomic mass is 9.92. The van der Waals surface area contributed by atoms with Crippen LogP contribution in [-0.4, -0.2) is 15.0 Å². The minimum atomic E-state index is -0.378. The van der Waals surface area contributed by atoms with Gasteiger partial charge in [-0.2, -0.15) is 0 Å². The molecule has 1 N–H and O–H groups in total. The number of rotatable bonds is 3. The zero-order valence-electron chi connectivity index (χ0n) is 9.26. The highest BCUT2D eigenvalue weighted by atomic mass is 32.2. The van der Waals surface area contributed by atoms with Gasteiger partial charge in [-0.05, 0) is 26.2 Å².